The van der Waals surface area contributed by atoms with E-state index >= 15 is 0 Å². The number of carbonyl (C=O) groups excluding carboxylic acids is 2. The molecular weight excluding hydrogens is 272 g/mol. The molecule has 2 rings (SSSR count). The monoisotopic (exact) mass is 294 g/mol. The maximum atomic E-state index is 11.8. The lowest BCUT2D eigenvalue weighted by Gasteiger charge is -2.33. The first-order valence-electron chi connectivity index (χ1n) is 7.22. The number of hydrogen-bond donors (Lipinski definition) is 2. The Hall–Kier alpha value is -1.86. The molecule has 1 aliphatic rings. The van der Waals surface area contributed by atoms with Crippen LogP contribution in [-0.2, 0) is 11.3 Å². The number of nitrogens with zero attached hydrogens (tertiary/aromatic N) is 2. The van der Waals surface area contributed by atoms with Crippen LogP contribution in [0.1, 0.15) is 12.7 Å². The van der Waals surface area contributed by atoms with Gasteiger partial charge in [-0.25, -0.2) is 4.79 Å². The van der Waals surface area contributed by atoms with Gasteiger partial charge in [-0.3, -0.25) is 15.0 Å². The number of nitrogens with one attached hydrogen (secondary N) is 2. The van der Waals surface area contributed by atoms with Gasteiger partial charge in [0.15, 0.2) is 0 Å². The summed E-state index contributed by atoms with van der Waals surface area (Å²) in [6, 6.07) is 3.01. The van der Waals surface area contributed by atoms with Crippen LogP contribution in [0.25, 0.3) is 0 Å². The van der Waals surface area contributed by atoms with Gasteiger partial charge in [-0.1, -0.05) is 6.92 Å². The predicted molar refractivity (Wildman–Crippen MR) is 77.6 cm³/mol. The number of imide groups is 1. The van der Waals surface area contributed by atoms with Crippen LogP contribution >= 0.6 is 0 Å². The molecule has 1 aliphatic heterocycles. The molecule has 3 amide bonds. The van der Waals surface area contributed by atoms with Gasteiger partial charge in [0.05, 0.1) is 19.4 Å². The first-order valence-corrected chi connectivity index (χ1v) is 7.22. The molecule has 0 bridgehead atoms. The van der Waals surface area contributed by atoms with E-state index in [9.17, 15) is 9.59 Å². The first kappa shape index (κ1) is 15.5. The molecule has 116 valence electrons. The van der Waals surface area contributed by atoms with Crippen LogP contribution in [0.5, 0.6) is 0 Å². The molecule has 0 atom stereocenters. The van der Waals surface area contributed by atoms with Crippen LogP contribution in [0.15, 0.2) is 22.8 Å². The molecule has 0 unspecified atom stereocenters. The molecule has 7 heteroatoms. The number of piperazine rings is 1. The largest absolute Gasteiger partial charge is 0.467 e. The summed E-state index contributed by atoms with van der Waals surface area (Å²) in [6.07, 6.45) is 1.54. The van der Waals surface area contributed by atoms with Crippen LogP contribution in [0.3, 0.4) is 0 Å². The van der Waals surface area contributed by atoms with Crippen molar-refractivity contribution in [2.24, 2.45) is 0 Å². The van der Waals surface area contributed by atoms with Crippen molar-refractivity contribution in [3.63, 3.8) is 0 Å². The highest BCUT2D eigenvalue weighted by Gasteiger charge is 2.18. The molecule has 2 heterocycles. The minimum atomic E-state index is -0.497. The van der Waals surface area contributed by atoms with Gasteiger partial charge in [-0.2, -0.15) is 0 Å². The van der Waals surface area contributed by atoms with Crippen LogP contribution in [0.2, 0.25) is 0 Å². The minimum Gasteiger partial charge on any atom is -0.467 e. The fourth-order valence-electron chi connectivity index (χ4n) is 2.26. The van der Waals surface area contributed by atoms with Gasteiger partial charge in [-0.15, -0.1) is 0 Å². The molecule has 1 saturated heterocycles. The van der Waals surface area contributed by atoms with Gasteiger partial charge in [0.2, 0.25) is 5.91 Å². The molecule has 1 aromatic heterocycles. The van der Waals surface area contributed by atoms with Gasteiger partial charge < -0.3 is 14.6 Å². The van der Waals surface area contributed by atoms with Crippen molar-refractivity contribution in [2.45, 2.75) is 13.5 Å². The molecule has 0 aromatic carbocycles. The van der Waals surface area contributed by atoms with Crippen molar-refractivity contribution < 1.29 is 14.0 Å². The van der Waals surface area contributed by atoms with Crippen molar-refractivity contribution >= 4 is 11.9 Å². The summed E-state index contributed by atoms with van der Waals surface area (Å²) in [6.45, 7) is 7.33. The standard InChI is InChI=1S/C14H22N4O3/c1-2-17-5-7-18(8-6-17)11-13(19)16-14(20)15-10-12-4-3-9-21-12/h3-4,9H,2,5-8,10-11H2,1H3,(H2,15,16,19,20). The third kappa shape index (κ3) is 5.20. The Balaban J connectivity index is 1.63. The number of rotatable bonds is 5. The maximum Gasteiger partial charge on any atom is 0.321 e. The smallest absolute Gasteiger partial charge is 0.321 e. The Morgan fingerprint density at radius 2 is 1.95 bits per heavy atom. The van der Waals surface area contributed by atoms with E-state index in [1.54, 1.807) is 12.1 Å². The lowest BCUT2D eigenvalue weighted by atomic mass is 10.3. The Kier molecular flexibility index (Phi) is 5.77. The van der Waals surface area contributed by atoms with Gasteiger partial charge in [0.1, 0.15) is 5.76 Å². The van der Waals surface area contributed by atoms with E-state index in [0.717, 1.165) is 32.7 Å². The highest BCUT2D eigenvalue weighted by atomic mass is 16.3. The zero-order chi connectivity index (χ0) is 15.1. The fourth-order valence-corrected chi connectivity index (χ4v) is 2.26. The zero-order valence-electron chi connectivity index (χ0n) is 12.3. The number of likely N-dealkylation sites (N-methyl/N-ethyl adjacent to an activating group) is 1. The highest BCUT2D eigenvalue weighted by molar-refractivity contribution is 5.95. The van der Waals surface area contributed by atoms with Crippen molar-refractivity contribution in [3.05, 3.63) is 24.2 Å². The summed E-state index contributed by atoms with van der Waals surface area (Å²) >= 11 is 0. The predicted octanol–water partition coefficient (Wildman–Crippen LogP) is 0.243. The second kappa shape index (κ2) is 7.80. The molecule has 1 fully saturated rings. The Morgan fingerprint density at radius 1 is 1.24 bits per heavy atom. The van der Waals surface area contributed by atoms with Crippen LogP contribution in [0.4, 0.5) is 4.79 Å². The molecular formula is C14H22N4O3. The maximum absolute atomic E-state index is 11.8. The van der Waals surface area contributed by atoms with Gasteiger partial charge >= 0.3 is 6.03 Å². The molecule has 0 aliphatic carbocycles. The normalized spacial score (nSPS) is 16.6. The van der Waals surface area contributed by atoms with Crippen molar-refractivity contribution in [1.29, 1.82) is 0 Å². The Morgan fingerprint density at radius 3 is 2.57 bits per heavy atom. The van der Waals surface area contributed by atoms with Crippen molar-refractivity contribution in [3.8, 4) is 0 Å². The van der Waals surface area contributed by atoms with E-state index in [-0.39, 0.29) is 19.0 Å². The van der Waals surface area contributed by atoms with Gasteiger partial charge in [-0.05, 0) is 18.7 Å². The van der Waals surface area contributed by atoms with Gasteiger partial charge in [0, 0.05) is 26.2 Å². The van der Waals surface area contributed by atoms with Crippen LogP contribution in [0, 0.1) is 0 Å². The number of carbonyl (C=O) groups is 2. The van der Waals surface area contributed by atoms with E-state index in [1.807, 2.05) is 0 Å². The molecule has 0 spiro atoms. The summed E-state index contributed by atoms with van der Waals surface area (Å²) in [5, 5.41) is 4.91. The second-order valence-corrected chi connectivity index (χ2v) is 5.02. The number of urea groups is 1. The summed E-state index contributed by atoms with van der Waals surface area (Å²) in [4.78, 5) is 27.8. The molecule has 0 saturated carbocycles. The molecule has 0 radical (unpaired) electrons. The minimum absolute atomic E-state index is 0.256. The lowest BCUT2D eigenvalue weighted by Crippen LogP contribution is -2.50. The average Bonchev–Trinajstić information content (AvgIpc) is 2.99. The molecule has 1 aromatic rings. The Labute approximate surface area is 124 Å². The SMILES string of the molecule is CCN1CCN(CC(=O)NC(=O)NCc2ccco2)CC1. The quantitative estimate of drug-likeness (QED) is 0.813. The van der Waals surface area contributed by atoms with E-state index in [1.165, 1.54) is 6.26 Å². The van der Waals surface area contributed by atoms with Gasteiger partial charge in [0.25, 0.3) is 0 Å². The summed E-state index contributed by atoms with van der Waals surface area (Å²) in [5.74, 6) is 0.366. The van der Waals surface area contributed by atoms with Crippen molar-refractivity contribution in [1.82, 2.24) is 20.4 Å². The second-order valence-electron chi connectivity index (χ2n) is 5.02. The molecule has 2 N–H and O–H groups in total. The Bertz CT molecular complexity index is 453. The van der Waals surface area contributed by atoms with E-state index in [2.05, 4.69) is 27.4 Å². The zero-order valence-corrected chi connectivity index (χ0v) is 12.3. The third-order valence-electron chi connectivity index (χ3n) is 3.54. The summed E-state index contributed by atoms with van der Waals surface area (Å²) < 4.78 is 5.09. The summed E-state index contributed by atoms with van der Waals surface area (Å²) in [5.41, 5.74) is 0. The highest BCUT2D eigenvalue weighted by Crippen LogP contribution is 2.00. The number of amides is 3. The fraction of sp³-hybridized carbons (Fsp3) is 0.571. The first-order chi connectivity index (χ1) is 10.2. The van der Waals surface area contributed by atoms with Crippen LogP contribution < -0.4 is 10.6 Å². The number of hydrogen-bond acceptors (Lipinski definition) is 5. The third-order valence-corrected chi connectivity index (χ3v) is 3.54. The van der Waals surface area contributed by atoms with Crippen LogP contribution in [-0.4, -0.2) is 61.0 Å². The topological polar surface area (TPSA) is 77.8 Å². The summed E-state index contributed by atoms with van der Waals surface area (Å²) in [7, 11) is 0. The molecule has 21 heavy (non-hydrogen) atoms. The van der Waals surface area contributed by atoms with E-state index in [4.69, 9.17) is 4.42 Å². The number of furan rings is 1. The lowest BCUT2D eigenvalue weighted by molar-refractivity contribution is -0.121. The molecule has 7 nitrogen and oxygen atoms in total. The van der Waals surface area contributed by atoms with E-state index in [0.29, 0.717) is 5.76 Å². The van der Waals surface area contributed by atoms with Crippen molar-refractivity contribution in [2.75, 3.05) is 39.3 Å². The average molecular weight is 294 g/mol. The van der Waals surface area contributed by atoms with E-state index < -0.39 is 6.03 Å².